The van der Waals surface area contributed by atoms with Crippen molar-refractivity contribution < 1.29 is 22.7 Å². The maximum absolute atomic E-state index is 13.0. The van der Waals surface area contributed by atoms with Crippen molar-refractivity contribution in [2.75, 3.05) is 7.11 Å². The predicted molar refractivity (Wildman–Crippen MR) is 101 cm³/mol. The molecule has 0 saturated heterocycles. The molecule has 30 heavy (non-hydrogen) atoms. The van der Waals surface area contributed by atoms with E-state index in [0.717, 1.165) is 24.4 Å². The van der Waals surface area contributed by atoms with Crippen LogP contribution in [-0.2, 0) is 12.7 Å². The summed E-state index contributed by atoms with van der Waals surface area (Å²) in [5.41, 5.74) is 0.911. The molecule has 1 N–H and O–H groups in total. The van der Waals surface area contributed by atoms with Crippen molar-refractivity contribution in [2.45, 2.75) is 31.6 Å². The maximum atomic E-state index is 13.0. The molecule has 3 aromatic heterocycles. The summed E-state index contributed by atoms with van der Waals surface area (Å²) in [5, 5.41) is 7.41. The number of pyridine rings is 2. The number of rotatable bonds is 4. The Balaban J connectivity index is 1.59. The number of alkyl halides is 3. The average Bonchev–Trinajstić information content (AvgIpc) is 3.19. The van der Waals surface area contributed by atoms with Crippen LogP contribution in [0.4, 0.5) is 13.2 Å². The van der Waals surface area contributed by atoms with Crippen LogP contribution in [0.5, 0.6) is 5.88 Å². The van der Waals surface area contributed by atoms with Gasteiger partial charge in [-0.15, -0.1) is 0 Å². The number of aryl methyl sites for hydroxylation is 1. The number of aromatic nitrogens is 4. The Bertz CT molecular complexity index is 1080. The molecule has 10 heteroatoms. The first kappa shape index (κ1) is 19.9. The number of amides is 1. The number of halogens is 3. The first-order valence-corrected chi connectivity index (χ1v) is 9.27. The zero-order chi connectivity index (χ0) is 21.3. The van der Waals surface area contributed by atoms with E-state index in [-0.39, 0.29) is 11.9 Å². The molecule has 0 aliphatic carbocycles. The predicted octanol–water partition coefficient (Wildman–Crippen LogP) is 3.63. The summed E-state index contributed by atoms with van der Waals surface area (Å²) < 4.78 is 45.7. The van der Waals surface area contributed by atoms with Crippen molar-refractivity contribution in [2.24, 2.45) is 0 Å². The Morgan fingerprint density at radius 2 is 2.00 bits per heavy atom. The highest BCUT2D eigenvalue weighted by Crippen LogP contribution is 2.32. The molecule has 1 aliphatic rings. The van der Waals surface area contributed by atoms with Crippen LogP contribution in [-0.4, -0.2) is 32.8 Å². The fourth-order valence-electron chi connectivity index (χ4n) is 3.42. The third-order valence-electron chi connectivity index (χ3n) is 4.89. The summed E-state index contributed by atoms with van der Waals surface area (Å²) in [5.74, 6) is 0.0388. The van der Waals surface area contributed by atoms with Crippen LogP contribution in [0.1, 0.15) is 40.6 Å². The molecule has 4 rings (SSSR count). The number of hydrogen-bond acceptors (Lipinski definition) is 5. The summed E-state index contributed by atoms with van der Waals surface area (Å²) in [4.78, 5) is 20.0. The number of nitrogens with one attached hydrogen (secondary N) is 1. The SMILES string of the molecule is COc1cc(C(=O)NC2CCCn3nc(-c4ccnc(C(F)(F)F)c4)cc32)ccn1. The zero-order valence-corrected chi connectivity index (χ0v) is 16.0. The van der Waals surface area contributed by atoms with E-state index in [1.807, 2.05) is 0 Å². The zero-order valence-electron chi connectivity index (χ0n) is 16.0. The van der Waals surface area contributed by atoms with Gasteiger partial charge in [0.2, 0.25) is 5.88 Å². The largest absolute Gasteiger partial charge is 0.481 e. The van der Waals surface area contributed by atoms with Crippen LogP contribution in [0.3, 0.4) is 0 Å². The number of fused-ring (bicyclic) bond motifs is 1. The lowest BCUT2D eigenvalue weighted by Crippen LogP contribution is -2.32. The molecule has 4 heterocycles. The van der Waals surface area contributed by atoms with E-state index >= 15 is 0 Å². The molecular formula is C20H18F3N5O2. The molecule has 1 aliphatic heterocycles. The van der Waals surface area contributed by atoms with Gasteiger partial charge in [0.25, 0.3) is 5.91 Å². The van der Waals surface area contributed by atoms with Crippen LogP contribution in [0, 0.1) is 0 Å². The molecule has 0 bridgehead atoms. The fraction of sp³-hybridized carbons (Fsp3) is 0.300. The maximum Gasteiger partial charge on any atom is 0.433 e. The van der Waals surface area contributed by atoms with Crippen molar-refractivity contribution in [1.82, 2.24) is 25.1 Å². The van der Waals surface area contributed by atoms with Gasteiger partial charge >= 0.3 is 6.18 Å². The Morgan fingerprint density at radius 1 is 1.20 bits per heavy atom. The minimum absolute atomic E-state index is 0.292. The Kier molecular flexibility index (Phi) is 5.15. The average molecular weight is 417 g/mol. The molecule has 3 aromatic rings. The first-order chi connectivity index (χ1) is 14.3. The second-order valence-electron chi connectivity index (χ2n) is 6.86. The standard InChI is InChI=1S/C20H18F3N5O2/c1-30-18-10-13(5-7-25-18)19(29)26-14-3-2-8-28-16(14)11-15(27-28)12-4-6-24-17(9-12)20(21,22)23/h4-7,9-11,14H,2-3,8H2,1H3,(H,26,29). The molecule has 7 nitrogen and oxygen atoms in total. The quantitative estimate of drug-likeness (QED) is 0.701. The first-order valence-electron chi connectivity index (χ1n) is 9.27. The minimum atomic E-state index is -4.53. The Morgan fingerprint density at radius 3 is 2.77 bits per heavy atom. The number of ether oxygens (including phenoxy) is 1. The highest BCUT2D eigenvalue weighted by atomic mass is 19.4. The minimum Gasteiger partial charge on any atom is -0.481 e. The molecule has 156 valence electrons. The molecule has 0 spiro atoms. The smallest absolute Gasteiger partial charge is 0.433 e. The molecule has 1 unspecified atom stereocenters. The van der Waals surface area contributed by atoms with E-state index in [4.69, 9.17) is 4.74 Å². The molecule has 1 amide bonds. The van der Waals surface area contributed by atoms with Crippen molar-refractivity contribution in [1.29, 1.82) is 0 Å². The summed E-state index contributed by atoms with van der Waals surface area (Å²) in [6.07, 6.45) is -0.450. The number of carbonyl (C=O) groups excluding carboxylic acids is 1. The van der Waals surface area contributed by atoms with E-state index < -0.39 is 11.9 Å². The normalized spacial score (nSPS) is 16.1. The highest BCUT2D eigenvalue weighted by molar-refractivity contribution is 5.94. The van der Waals surface area contributed by atoms with Crippen LogP contribution in [0.15, 0.2) is 42.7 Å². The Hall–Kier alpha value is -3.43. The van der Waals surface area contributed by atoms with E-state index in [9.17, 15) is 18.0 Å². The summed E-state index contributed by atoms with van der Waals surface area (Å²) in [6.45, 7) is 0.627. The number of nitrogens with zero attached hydrogens (tertiary/aromatic N) is 4. The lowest BCUT2D eigenvalue weighted by atomic mass is 10.0. The molecular weight excluding hydrogens is 399 g/mol. The van der Waals surface area contributed by atoms with E-state index in [0.29, 0.717) is 35.7 Å². The third-order valence-corrected chi connectivity index (χ3v) is 4.89. The second-order valence-corrected chi connectivity index (χ2v) is 6.86. The van der Waals surface area contributed by atoms with Gasteiger partial charge in [0.15, 0.2) is 0 Å². The third kappa shape index (κ3) is 3.98. The lowest BCUT2D eigenvalue weighted by Gasteiger charge is -2.24. The van der Waals surface area contributed by atoms with Crippen LogP contribution in [0.25, 0.3) is 11.3 Å². The van der Waals surface area contributed by atoms with Gasteiger partial charge in [0.1, 0.15) is 5.69 Å². The molecule has 0 fully saturated rings. The van der Waals surface area contributed by atoms with Crippen LogP contribution >= 0.6 is 0 Å². The van der Waals surface area contributed by atoms with Gasteiger partial charge in [-0.25, -0.2) is 4.98 Å². The van der Waals surface area contributed by atoms with Gasteiger partial charge < -0.3 is 10.1 Å². The van der Waals surface area contributed by atoms with Crippen molar-refractivity contribution in [3.8, 4) is 17.1 Å². The van der Waals surface area contributed by atoms with Gasteiger partial charge in [0.05, 0.1) is 24.5 Å². The Labute approximate surface area is 169 Å². The number of carbonyl (C=O) groups is 1. The summed E-state index contributed by atoms with van der Waals surface area (Å²) in [6, 6.07) is 6.99. The lowest BCUT2D eigenvalue weighted by molar-refractivity contribution is -0.141. The van der Waals surface area contributed by atoms with Crippen LogP contribution < -0.4 is 10.1 Å². The number of methoxy groups -OCH3 is 1. The van der Waals surface area contributed by atoms with Gasteiger partial charge in [-0.2, -0.15) is 18.3 Å². The molecule has 0 aromatic carbocycles. The fourth-order valence-corrected chi connectivity index (χ4v) is 3.42. The van der Waals surface area contributed by atoms with E-state index in [1.165, 1.54) is 25.4 Å². The van der Waals surface area contributed by atoms with Crippen molar-refractivity contribution >= 4 is 5.91 Å². The molecule has 0 saturated carbocycles. The monoisotopic (exact) mass is 417 g/mol. The topological polar surface area (TPSA) is 81.9 Å². The number of hydrogen-bond donors (Lipinski definition) is 1. The summed E-state index contributed by atoms with van der Waals surface area (Å²) in [7, 11) is 1.47. The van der Waals surface area contributed by atoms with Gasteiger partial charge in [-0.1, -0.05) is 0 Å². The van der Waals surface area contributed by atoms with Gasteiger partial charge in [0, 0.05) is 36.1 Å². The van der Waals surface area contributed by atoms with Crippen molar-refractivity contribution in [3.63, 3.8) is 0 Å². The highest BCUT2D eigenvalue weighted by Gasteiger charge is 2.33. The molecule has 1 atom stereocenters. The summed E-state index contributed by atoms with van der Waals surface area (Å²) >= 11 is 0. The van der Waals surface area contributed by atoms with E-state index in [2.05, 4.69) is 20.4 Å². The molecule has 0 radical (unpaired) electrons. The second kappa shape index (κ2) is 7.77. The van der Waals surface area contributed by atoms with Gasteiger partial charge in [-0.3, -0.25) is 14.5 Å². The van der Waals surface area contributed by atoms with Crippen molar-refractivity contribution in [3.05, 3.63) is 59.7 Å². The van der Waals surface area contributed by atoms with Crippen LogP contribution in [0.2, 0.25) is 0 Å². The van der Waals surface area contributed by atoms with E-state index in [1.54, 1.807) is 16.8 Å². The van der Waals surface area contributed by atoms with Gasteiger partial charge in [-0.05, 0) is 37.1 Å².